The van der Waals surface area contributed by atoms with E-state index in [1.807, 2.05) is 11.3 Å². The number of thiophene rings is 1. The van der Waals surface area contributed by atoms with Crippen molar-refractivity contribution < 1.29 is 0 Å². The van der Waals surface area contributed by atoms with Gasteiger partial charge in [0, 0.05) is 11.3 Å². The van der Waals surface area contributed by atoms with Crippen molar-refractivity contribution in [3.8, 4) is 0 Å². The van der Waals surface area contributed by atoms with Crippen LogP contribution in [-0.4, -0.2) is 4.98 Å². The standard InChI is InChI=1S/C22H19NS/c1-14-20(22-19(23-14)12-13-24-22)21(16-8-4-9-16)18-11-5-7-15-6-2-3-10-17(15)18/h2-3,5-7,10-13,23H,4,8-9H2,1H3. The highest BCUT2D eigenvalue weighted by atomic mass is 32.1. The maximum atomic E-state index is 3.58. The summed E-state index contributed by atoms with van der Waals surface area (Å²) in [5.41, 5.74) is 8.46. The van der Waals surface area contributed by atoms with Crippen molar-refractivity contribution in [1.82, 2.24) is 4.98 Å². The van der Waals surface area contributed by atoms with E-state index in [9.17, 15) is 0 Å². The second kappa shape index (κ2) is 5.35. The summed E-state index contributed by atoms with van der Waals surface area (Å²) in [7, 11) is 0. The van der Waals surface area contributed by atoms with E-state index in [-0.39, 0.29) is 0 Å². The Balaban J connectivity index is 1.87. The van der Waals surface area contributed by atoms with Crippen LogP contribution in [0.2, 0.25) is 0 Å². The van der Waals surface area contributed by atoms with Crippen LogP contribution in [-0.2, 0) is 0 Å². The van der Waals surface area contributed by atoms with Gasteiger partial charge in [-0.1, -0.05) is 48.0 Å². The van der Waals surface area contributed by atoms with Crippen molar-refractivity contribution in [3.05, 3.63) is 76.3 Å². The highest BCUT2D eigenvalue weighted by Gasteiger charge is 2.23. The number of aromatic nitrogens is 1. The molecule has 2 heteroatoms. The van der Waals surface area contributed by atoms with Crippen LogP contribution in [0.15, 0.2) is 59.5 Å². The number of hydrogen-bond donors (Lipinski definition) is 1. The molecular weight excluding hydrogens is 310 g/mol. The topological polar surface area (TPSA) is 15.8 Å². The maximum Gasteiger partial charge on any atom is 0.0601 e. The van der Waals surface area contributed by atoms with Gasteiger partial charge in [0.15, 0.2) is 0 Å². The minimum Gasteiger partial charge on any atom is -0.357 e. The number of hydrogen-bond acceptors (Lipinski definition) is 1. The zero-order valence-corrected chi connectivity index (χ0v) is 14.5. The first kappa shape index (κ1) is 14.1. The number of nitrogens with one attached hydrogen (secondary N) is 1. The molecule has 2 aromatic heterocycles. The fraction of sp³-hybridized carbons (Fsp3) is 0.182. The van der Waals surface area contributed by atoms with Crippen molar-refractivity contribution in [2.24, 2.45) is 0 Å². The normalized spacial score (nSPS) is 14.3. The van der Waals surface area contributed by atoms with Crippen LogP contribution < -0.4 is 0 Å². The van der Waals surface area contributed by atoms with E-state index in [1.54, 1.807) is 5.57 Å². The lowest BCUT2D eigenvalue weighted by atomic mass is 9.81. The molecule has 0 radical (unpaired) electrons. The average Bonchev–Trinajstić information content (AvgIpc) is 3.11. The molecule has 0 aliphatic heterocycles. The van der Waals surface area contributed by atoms with Crippen molar-refractivity contribution in [1.29, 1.82) is 0 Å². The molecular formula is C22H19NS. The van der Waals surface area contributed by atoms with Crippen molar-refractivity contribution in [3.63, 3.8) is 0 Å². The summed E-state index contributed by atoms with van der Waals surface area (Å²) >= 11 is 1.85. The number of benzene rings is 2. The minimum absolute atomic E-state index is 1.23. The van der Waals surface area contributed by atoms with E-state index < -0.39 is 0 Å². The third kappa shape index (κ3) is 1.99. The molecule has 1 N–H and O–H groups in total. The second-order valence-electron chi connectivity index (χ2n) is 6.65. The lowest BCUT2D eigenvalue weighted by Gasteiger charge is -2.24. The van der Waals surface area contributed by atoms with Gasteiger partial charge in [0.25, 0.3) is 0 Å². The number of fused-ring (bicyclic) bond motifs is 2. The summed E-state index contributed by atoms with van der Waals surface area (Å²) in [6, 6.07) is 17.7. The molecule has 1 aliphatic rings. The molecule has 4 aromatic rings. The third-order valence-corrected chi connectivity index (χ3v) is 6.14. The Kier molecular flexibility index (Phi) is 3.14. The molecule has 0 spiro atoms. The number of aryl methyl sites for hydroxylation is 1. The smallest absolute Gasteiger partial charge is 0.0601 e. The fourth-order valence-corrected chi connectivity index (χ4v) is 4.85. The predicted molar refractivity (Wildman–Crippen MR) is 105 cm³/mol. The maximum absolute atomic E-state index is 3.58. The lowest BCUT2D eigenvalue weighted by Crippen LogP contribution is -2.04. The first-order valence-electron chi connectivity index (χ1n) is 8.59. The van der Waals surface area contributed by atoms with Crippen LogP contribution in [0.25, 0.3) is 26.6 Å². The summed E-state index contributed by atoms with van der Waals surface area (Å²) in [5.74, 6) is 0. The summed E-state index contributed by atoms with van der Waals surface area (Å²) in [6.07, 6.45) is 3.78. The molecule has 0 saturated heterocycles. The fourth-order valence-electron chi connectivity index (χ4n) is 3.89. The molecule has 2 aromatic carbocycles. The SMILES string of the molecule is Cc1[nH]c2ccsc2c1C(=C1CCC1)c1cccc2ccccc12. The Labute approximate surface area is 145 Å². The highest BCUT2D eigenvalue weighted by Crippen LogP contribution is 2.44. The van der Waals surface area contributed by atoms with Gasteiger partial charge in [-0.25, -0.2) is 0 Å². The van der Waals surface area contributed by atoms with Gasteiger partial charge in [0.1, 0.15) is 0 Å². The molecule has 0 unspecified atom stereocenters. The molecule has 1 nitrogen and oxygen atoms in total. The molecule has 5 rings (SSSR count). The Bertz CT molecular complexity index is 1080. The van der Waals surface area contributed by atoms with E-state index in [0.717, 1.165) is 0 Å². The second-order valence-corrected chi connectivity index (χ2v) is 7.56. The number of allylic oxidation sites excluding steroid dienone is 1. The number of aromatic amines is 1. The van der Waals surface area contributed by atoms with Crippen LogP contribution >= 0.6 is 11.3 Å². The van der Waals surface area contributed by atoms with Crippen LogP contribution in [0, 0.1) is 6.92 Å². The van der Waals surface area contributed by atoms with E-state index in [4.69, 9.17) is 0 Å². The first-order chi connectivity index (χ1) is 11.8. The van der Waals surface area contributed by atoms with E-state index in [2.05, 4.69) is 65.8 Å². The Morgan fingerprint density at radius 2 is 1.83 bits per heavy atom. The molecule has 0 atom stereocenters. The molecule has 1 aliphatic carbocycles. The van der Waals surface area contributed by atoms with Crippen molar-refractivity contribution in [2.45, 2.75) is 26.2 Å². The first-order valence-corrected chi connectivity index (χ1v) is 9.47. The van der Waals surface area contributed by atoms with E-state index >= 15 is 0 Å². The zero-order valence-electron chi connectivity index (χ0n) is 13.7. The minimum atomic E-state index is 1.23. The van der Waals surface area contributed by atoms with E-state index in [1.165, 1.54) is 62.6 Å². The molecule has 2 heterocycles. The number of H-pyrrole nitrogens is 1. The van der Waals surface area contributed by atoms with E-state index in [0.29, 0.717) is 0 Å². The van der Waals surface area contributed by atoms with Crippen LogP contribution in [0.5, 0.6) is 0 Å². The van der Waals surface area contributed by atoms with Gasteiger partial charge in [-0.3, -0.25) is 0 Å². The predicted octanol–water partition coefficient (Wildman–Crippen LogP) is 6.68. The summed E-state index contributed by atoms with van der Waals surface area (Å²) in [4.78, 5) is 3.58. The van der Waals surface area contributed by atoms with Crippen LogP contribution in [0.3, 0.4) is 0 Å². The van der Waals surface area contributed by atoms with Gasteiger partial charge in [-0.05, 0) is 59.5 Å². The largest absolute Gasteiger partial charge is 0.357 e. The van der Waals surface area contributed by atoms with Crippen LogP contribution in [0.1, 0.15) is 36.1 Å². The lowest BCUT2D eigenvalue weighted by molar-refractivity contribution is 0.666. The third-order valence-electron chi connectivity index (χ3n) is 5.21. The molecule has 1 fully saturated rings. The van der Waals surface area contributed by atoms with Crippen LogP contribution in [0.4, 0.5) is 0 Å². The molecule has 24 heavy (non-hydrogen) atoms. The molecule has 1 saturated carbocycles. The zero-order chi connectivity index (χ0) is 16.1. The quantitative estimate of drug-likeness (QED) is 0.422. The average molecular weight is 329 g/mol. The Hall–Kier alpha value is -2.32. The summed E-state index contributed by atoms with van der Waals surface area (Å²) < 4.78 is 1.40. The summed E-state index contributed by atoms with van der Waals surface area (Å²) in [6.45, 7) is 2.21. The van der Waals surface area contributed by atoms with Gasteiger partial charge >= 0.3 is 0 Å². The van der Waals surface area contributed by atoms with Gasteiger partial charge in [-0.15, -0.1) is 11.3 Å². The van der Waals surface area contributed by atoms with Gasteiger partial charge in [-0.2, -0.15) is 0 Å². The molecule has 118 valence electrons. The Morgan fingerprint density at radius 3 is 2.67 bits per heavy atom. The Morgan fingerprint density at radius 1 is 1.00 bits per heavy atom. The monoisotopic (exact) mass is 329 g/mol. The van der Waals surface area contributed by atoms with Crippen molar-refractivity contribution >= 4 is 37.9 Å². The summed E-state index contributed by atoms with van der Waals surface area (Å²) in [5, 5.41) is 4.87. The van der Waals surface area contributed by atoms with Gasteiger partial charge in [0.05, 0.1) is 10.2 Å². The number of rotatable bonds is 2. The molecule has 0 bridgehead atoms. The molecule has 0 amide bonds. The van der Waals surface area contributed by atoms with Crippen molar-refractivity contribution in [2.75, 3.05) is 0 Å². The highest BCUT2D eigenvalue weighted by molar-refractivity contribution is 7.17. The van der Waals surface area contributed by atoms with Gasteiger partial charge in [0.2, 0.25) is 0 Å². The van der Waals surface area contributed by atoms with Gasteiger partial charge < -0.3 is 4.98 Å².